The van der Waals surface area contributed by atoms with Crippen LogP contribution in [0.25, 0.3) is 0 Å². The Kier molecular flexibility index (Phi) is 7.68. The molecule has 2 aliphatic rings. The van der Waals surface area contributed by atoms with E-state index >= 15 is 0 Å². The number of hydrogen-bond acceptors (Lipinski definition) is 6. The maximum atomic E-state index is 13.1. The third-order valence-corrected chi connectivity index (χ3v) is 9.78. The van der Waals surface area contributed by atoms with Gasteiger partial charge < -0.3 is 10.6 Å². The second-order valence-corrected chi connectivity index (χ2v) is 12.0. The van der Waals surface area contributed by atoms with Gasteiger partial charge in [-0.05, 0) is 63.2 Å². The van der Waals surface area contributed by atoms with Gasteiger partial charge in [0.2, 0.25) is 26.0 Å². The van der Waals surface area contributed by atoms with Gasteiger partial charge in [-0.2, -0.15) is 8.61 Å². The molecular weight excluding hydrogens is 447 g/mol. The van der Waals surface area contributed by atoms with Crippen LogP contribution in [0.5, 0.6) is 0 Å². The van der Waals surface area contributed by atoms with E-state index in [1.807, 2.05) is 0 Å². The van der Waals surface area contributed by atoms with Gasteiger partial charge in [-0.15, -0.1) is 0 Å². The zero-order chi connectivity index (χ0) is 22.6. The third-order valence-electron chi connectivity index (χ3n) is 5.91. The maximum Gasteiger partial charge on any atom is 0.243 e. The summed E-state index contributed by atoms with van der Waals surface area (Å²) < 4.78 is 66.3. The van der Waals surface area contributed by atoms with E-state index < -0.39 is 25.9 Å². The van der Waals surface area contributed by atoms with Crippen molar-refractivity contribution < 1.29 is 26.0 Å². The molecular formula is C19H29FN4O5S2. The minimum Gasteiger partial charge on any atom is -0.369 e. The van der Waals surface area contributed by atoms with Crippen LogP contribution < -0.4 is 5.73 Å². The van der Waals surface area contributed by atoms with Crippen molar-refractivity contribution in [3.05, 3.63) is 30.1 Å². The van der Waals surface area contributed by atoms with Crippen LogP contribution in [0, 0.1) is 11.7 Å². The van der Waals surface area contributed by atoms with Gasteiger partial charge in [-0.1, -0.05) is 0 Å². The first kappa shape index (κ1) is 24.1. The van der Waals surface area contributed by atoms with Crippen LogP contribution in [0.3, 0.4) is 0 Å². The van der Waals surface area contributed by atoms with E-state index in [2.05, 4.69) is 4.90 Å². The van der Waals surface area contributed by atoms with Crippen molar-refractivity contribution in [2.45, 2.75) is 24.2 Å². The smallest absolute Gasteiger partial charge is 0.243 e. The number of carbonyl (C=O) groups is 1. The van der Waals surface area contributed by atoms with Gasteiger partial charge in [0.05, 0.1) is 10.6 Å². The van der Waals surface area contributed by atoms with E-state index in [0.29, 0.717) is 25.8 Å². The monoisotopic (exact) mass is 476 g/mol. The molecule has 2 aliphatic heterocycles. The third kappa shape index (κ3) is 6.01. The number of rotatable bonds is 8. The fraction of sp³-hybridized carbons (Fsp3) is 0.632. The highest BCUT2D eigenvalue weighted by atomic mass is 32.2. The summed E-state index contributed by atoms with van der Waals surface area (Å²) in [7, 11) is -7.27. The first-order chi connectivity index (χ1) is 14.6. The summed E-state index contributed by atoms with van der Waals surface area (Å²) in [5.41, 5.74) is 5.33. The molecule has 12 heteroatoms. The van der Waals surface area contributed by atoms with Crippen molar-refractivity contribution in [2.24, 2.45) is 11.7 Å². The fourth-order valence-electron chi connectivity index (χ4n) is 3.98. The van der Waals surface area contributed by atoms with Gasteiger partial charge in [0, 0.05) is 32.1 Å². The van der Waals surface area contributed by atoms with Crippen LogP contribution in [0.4, 0.5) is 4.39 Å². The number of halogens is 1. The van der Waals surface area contributed by atoms with Crippen molar-refractivity contribution in [1.29, 1.82) is 0 Å². The molecule has 1 aromatic rings. The molecule has 0 spiro atoms. The van der Waals surface area contributed by atoms with E-state index in [-0.39, 0.29) is 48.7 Å². The molecule has 0 radical (unpaired) electrons. The predicted octanol–water partition coefficient (Wildman–Crippen LogP) is 0.0492. The summed E-state index contributed by atoms with van der Waals surface area (Å²) in [6, 6.07) is 4.59. The minimum absolute atomic E-state index is 0.00649. The van der Waals surface area contributed by atoms with Crippen molar-refractivity contribution in [3.8, 4) is 0 Å². The SMILES string of the molecule is NC(=O)C1CCN(CCCS(=O)(=O)N2CCN(S(=O)(=O)c3ccc(F)cc3)CC2)CC1. The largest absolute Gasteiger partial charge is 0.369 e. The highest BCUT2D eigenvalue weighted by Crippen LogP contribution is 2.20. The predicted molar refractivity (Wildman–Crippen MR) is 113 cm³/mol. The van der Waals surface area contributed by atoms with Gasteiger partial charge in [0.15, 0.2) is 0 Å². The van der Waals surface area contributed by atoms with Crippen LogP contribution in [-0.4, -0.2) is 87.8 Å². The molecule has 9 nitrogen and oxygen atoms in total. The quantitative estimate of drug-likeness (QED) is 0.566. The summed E-state index contributed by atoms with van der Waals surface area (Å²) >= 11 is 0. The number of carbonyl (C=O) groups excluding carboxylic acids is 1. The number of benzene rings is 1. The van der Waals surface area contributed by atoms with Crippen LogP contribution in [0.2, 0.25) is 0 Å². The van der Waals surface area contributed by atoms with Crippen LogP contribution in [0.15, 0.2) is 29.2 Å². The highest BCUT2D eigenvalue weighted by Gasteiger charge is 2.33. The number of likely N-dealkylation sites (tertiary alicyclic amines) is 1. The molecule has 1 aromatic carbocycles. The second kappa shape index (κ2) is 9.90. The Bertz CT molecular complexity index is 969. The van der Waals surface area contributed by atoms with E-state index in [1.54, 1.807) is 0 Å². The standard InChI is InChI=1S/C19H29FN4O5S2/c20-17-2-4-18(5-3-17)31(28,29)24-13-11-23(12-14-24)30(26,27)15-1-8-22-9-6-16(7-10-22)19(21)25/h2-5,16H,1,6-15H2,(H2,21,25). The Labute approximate surface area is 183 Å². The first-order valence-corrected chi connectivity index (χ1v) is 13.4. The number of amides is 1. The van der Waals surface area contributed by atoms with Crippen molar-refractivity contribution in [3.63, 3.8) is 0 Å². The average molecular weight is 477 g/mol. The topological polar surface area (TPSA) is 121 Å². The van der Waals surface area contributed by atoms with Crippen molar-refractivity contribution in [1.82, 2.24) is 13.5 Å². The lowest BCUT2D eigenvalue weighted by Crippen LogP contribution is -2.51. The number of primary amides is 1. The number of hydrogen-bond donors (Lipinski definition) is 1. The Morgan fingerprint density at radius 1 is 0.935 bits per heavy atom. The summed E-state index contributed by atoms with van der Waals surface area (Å²) in [5, 5.41) is 0. The van der Waals surface area contributed by atoms with Gasteiger partial charge >= 0.3 is 0 Å². The molecule has 0 aromatic heterocycles. The molecule has 3 rings (SSSR count). The summed E-state index contributed by atoms with van der Waals surface area (Å²) in [6.45, 7) is 2.38. The van der Waals surface area contributed by atoms with E-state index in [4.69, 9.17) is 5.73 Å². The molecule has 0 saturated carbocycles. The fourth-order valence-corrected chi connectivity index (χ4v) is 6.88. The van der Waals surface area contributed by atoms with Crippen LogP contribution in [0.1, 0.15) is 19.3 Å². The van der Waals surface area contributed by atoms with Crippen LogP contribution in [-0.2, 0) is 24.8 Å². The number of piperidine rings is 1. The number of piperazine rings is 1. The zero-order valence-corrected chi connectivity index (χ0v) is 19.0. The highest BCUT2D eigenvalue weighted by molar-refractivity contribution is 7.89. The molecule has 0 unspecified atom stereocenters. The molecule has 0 bridgehead atoms. The molecule has 2 heterocycles. The van der Waals surface area contributed by atoms with Gasteiger partial charge in [-0.3, -0.25) is 4.79 Å². The molecule has 31 heavy (non-hydrogen) atoms. The second-order valence-electron chi connectivity index (χ2n) is 7.94. The Hall–Kier alpha value is -1.60. The zero-order valence-electron chi connectivity index (χ0n) is 17.3. The average Bonchev–Trinajstić information content (AvgIpc) is 2.74. The normalized spacial score (nSPS) is 20.7. The summed E-state index contributed by atoms with van der Waals surface area (Å²) in [5.74, 6) is -0.898. The maximum absolute atomic E-state index is 13.1. The lowest BCUT2D eigenvalue weighted by atomic mass is 9.96. The van der Waals surface area contributed by atoms with E-state index in [0.717, 1.165) is 25.2 Å². The summed E-state index contributed by atoms with van der Waals surface area (Å²) in [6.07, 6.45) is 1.87. The lowest BCUT2D eigenvalue weighted by Gasteiger charge is -2.34. The number of nitrogens with two attached hydrogens (primary N) is 1. The van der Waals surface area contributed by atoms with Crippen molar-refractivity contribution in [2.75, 3.05) is 51.6 Å². The minimum atomic E-state index is -3.78. The Morgan fingerprint density at radius 3 is 2.03 bits per heavy atom. The van der Waals surface area contributed by atoms with E-state index in [9.17, 15) is 26.0 Å². The first-order valence-electron chi connectivity index (χ1n) is 10.3. The molecule has 0 aliphatic carbocycles. The lowest BCUT2D eigenvalue weighted by molar-refractivity contribution is -0.123. The number of nitrogens with zero attached hydrogens (tertiary/aromatic N) is 3. The molecule has 174 valence electrons. The molecule has 2 N–H and O–H groups in total. The number of sulfonamides is 2. The van der Waals surface area contributed by atoms with Gasteiger partial charge in [0.25, 0.3) is 0 Å². The van der Waals surface area contributed by atoms with Crippen molar-refractivity contribution >= 4 is 26.0 Å². The summed E-state index contributed by atoms with van der Waals surface area (Å²) in [4.78, 5) is 13.4. The molecule has 1 amide bonds. The Morgan fingerprint density at radius 2 is 1.48 bits per heavy atom. The van der Waals surface area contributed by atoms with Gasteiger partial charge in [0.1, 0.15) is 5.82 Å². The van der Waals surface area contributed by atoms with Gasteiger partial charge in [-0.25, -0.2) is 21.2 Å². The van der Waals surface area contributed by atoms with E-state index in [1.165, 1.54) is 20.7 Å². The molecule has 2 saturated heterocycles. The molecule has 2 fully saturated rings. The molecule has 0 atom stereocenters. The Balaban J connectivity index is 1.46. The van der Waals surface area contributed by atoms with Crippen LogP contribution >= 0.6 is 0 Å².